The Balaban J connectivity index is 1.50. The van der Waals surface area contributed by atoms with Gasteiger partial charge in [0.05, 0.1) is 6.07 Å². The number of rotatable bonds is 4. The molecule has 0 spiro atoms. The number of nitriles is 1. The molecule has 0 aromatic heterocycles. The Kier molecular flexibility index (Phi) is 5.02. The molecule has 158 valence electrons. The van der Waals surface area contributed by atoms with Gasteiger partial charge in [-0.1, -0.05) is 25.3 Å². The van der Waals surface area contributed by atoms with Crippen molar-refractivity contribution >= 4 is 17.8 Å². The van der Waals surface area contributed by atoms with E-state index in [9.17, 15) is 19.6 Å². The summed E-state index contributed by atoms with van der Waals surface area (Å²) in [5, 5.41) is 15.0. The normalized spacial score (nSPS) is 24.7. The van der Waals surface area contributed by atoms with Gasteiger partial charge in [-0.2, -0.15) is 5.26 Å². The Morgan fingerprint density at radius 1 is 1.20 bits per heavy atom. The van der Waals surface area contributed by atoms with Gasteiger partial charge in [0.2, 0.25) is 5.91 Å². The van der Waals surface area contributed by atoms with Gasteiger partial charge >= 0.3 is 6.03 Å². The molecule has 2 aliphatic heterocycles. The van der Waals surface area contributed by atoms with Crippen molar-refractivity contribution in [1.82, 2.24) is 15.5 Å². The molecule has 1 aromatic rings. The molecular formula is C21H24N4O5. The summed E-state index contributed by atoms with van der Waals surface area (Å²) in [5.41, 5.74) is -1.72. The molecule has 1 aromatic carbocycles. The smallest absolute Gasteiger partial charge is 0.325 e. The van der Waals surface area contributed by atoms with Crippen LogP contribution in [0.25, 0.3) is 0 Å². The maximum absolute atomic E-state index is 13.1. The molecule has 1 saturated carbocycles. The number of carbonyl (C=O) groups excluding carboxylic acids is 3. The standard InChI is InChI=1S/C21H24N4O5/c1-20(14-5-6-15-16(11-14)30-10-9-29-15)18(27)25(19(28)24-20)12-17(26)23-21(13-22)7-3-2-4-8-21/h5-6,11H,2-4,7-10,12H2,1H3,(H,23,26)(H,24,28)/t20-/m0/s1. The van der Waals surface area contributed by atoms with Gasteiger partial charge in [-0.25, -0.2) is 4.79 Å². The molecule has 1 aliphatic carbocycles. The topological polar surface area (TPSA) is 121 Å². The number of nitrogens with zero attached hydrogens (tertiary/aromatic N) is 2. The van der Waals surface area contributed by atoms with Crippen LogP contribution in [-0.2, 0) is 15.1 Å². The average Bonchev–Trinajstić information content (AvgIpc) is 2.98. The van der Waals surface area contributed by atoms with Gasteiger partial charge < -0.3 is 20.1 Å². The van der Waals surface area contributed by atoms with E-state index in [2.05, 4.69) is 16.7 Å². The van der Waals surface area contributed by atoms with Crippen molar-refractivity contribution in [3.63, 3.8) is 0 Å². The van der Waals surface area contributed by atoms with E-state index in [0.29, 0.717) is 43.1 Å². The lowest BCUT2D eigenvalue weighted by molar-refractivity contribution is -0.135. The largest absolute Gasteiger partial charge is 0.486 e. The molecular weight excluding hydrogens is 388 g/mol. The lowest BCUT2D eigenvalue weighted by Gasteiger charge is -2.32. The fourth-order valence-electron chi connectivity index (χ4n) is 4.26. The first-order chi connectivity index (χ1) is 14.4. The van der Waals surface area contributed by atoms with Crippen LogP contribution in [-0.4, -0.2) is 48.0 Å². The highest BCUT2D eigenvalue weighted by Gasteiger charge is 2.50. The number of nitrogens with one attached hydrogen (secondary N) is 2. The summed E-state index contributed by atoms with van der Waals surface area (Å²) >= 11 is 0. The van der Waals surface area contributed by atoms with Crippen molar-refractivity contribution in [2.24, 2.45) is 0 Å². The lowest BCUT2D eigenvalue weighted by atomic mass is 9.83. The molecule has 9 nitrogen and oxygen atoms in total. The Hall–Kier alpha value is -3.28. The van der Waals surface area contributed by atoms with Crippen LogP contribution in [0.1, 0.15) is 44.6 Å². The van der Waals surface area contributed by atoms with E-state index in [4.69, 9.17) is 9.47 Å². The monoisotopic (exact) mass is 412 g/mol. The van der Waals surface area contributed by atoms with E-state index in [1.54, 1.807) is 25.1 Å². The summed E-state index contributed by atoms with van der Waals surface area (Å²) in [6, 6.07) is 6.62. The first-order valence-corrected chi connectivity index (χ1v) is 10.1. The Bertz CT molecular complexity index is 934. The molecule has 2 N–H and O–H groups in total. The van der Waals surface area contributed by atoms with Gasteiger partial charge in [0, 0.05) is 0 Å². The first kappa shape index (κ1) is 20.0. The van der Waals surface area contributed by atoms with E-state index in [0.717, 1.165) is 24.2 Å². The number of urea groups is 1. The maximum Gasteiger partial charge on any atom is 0.325 e. The number of ether oxygens (including phenoxy) is 2. The fourth-order valence-corrected chi connectivity index (χ4v) is 4.26. The molecule has 2 heterocycles. The molecule has 1 saturated heterocycles. The van der Waals surface area contributed by atoms with Crippen molar-refractivity contribution in [2.45, 2.75) is 50.1 Å². The van der Waals surface area contributed by atoms with Crippen LogP contribution in [0, 0.1) is 11.3 Å². The molecule has 1 atom stereocenters. The second-order valence-electron chi connectivity index (χ2n) is 8.11. The van der Waals surface area contributed by atoms with E-state index < -0.39 is 35.5 Å². The quantitative estimate of drug-likeness (QED) is 0.724. The summed E-state index contributed by atoms with van der Waals surface area (Å²) in [6.45, 7) is 2.01. The van der Waals surface area contributed by atoms with E-state index >= 15 is 0 Å². The van der Waals surface area contributed by atoms with Crippen LogP contribution in [0.3, 0.4) is 0 Å². The third-order valence-electron chi connectivity index (χ3n) is 6.00. The molecule has 4 rings (SSSR count). The second-order valence-corrected chi connectivity index (χ2v) is 8.11. The minimum atomic E-state index is -1.33. The van der Waals surface area contributed by atoms with Gasteiger partial charge in [-0.15, -0.1) is 0 Å². The second kappa shape index (κ2) is 7.52. The molecule has 9 heteroatoms. The molecule has 0 radical (unpaired) electrons. The number of benzene rings is 1. The maximum atomic E-state index is 13.1. The zero-order valence-corrected chi connectivity index (χ0v) is 16.8. The number of fused-ring (bicyclic) bond motifs is 1. The fraction of sp³-hybridized carbons (Fsp3) is 0.524. The summed E-state index contributed by atoms with van der Waals surface area (Å²) in [4.78, 5) is 39.1. The number of hydrogen-bond donors (Lipinski definition) is 2. The zero-order chi connectivity index (χ0) is 21.4. The summed E-state index contributed by atoms with van der Waals surface area (Å²) in [7, 11) is 0. The third-order valence-corrected chi connectivity index (χ3v) is 6.00. The van der Waals surface area contributed by atoms with E-state index in [1.807, 2.05) is 0 Å². The van der Waals surface area contributed by atoms with Crippen molar-refractivity contribution in [3.8, 4) is 17.6 Å². The minimum Gasteiger partial charge on any atom is -0.486 e. The summed E-state index contributed by atoms with van der Waals surface area (Å²) < 4.78 is 11.1. The molecule has 4 amide bonds. The number of hydrogen-bond acceptors (Lipinski definition) is 6. The van der Waals surface area contributed by atoms with Crippen molar-refractivity contribution in [1.29, 1.82) is 5.26 Å². The van der Waals surface area contributed by atoms with Crippen LogP contribution in [0.15, 0.2) is 18.2 Å². The SMILES string of the molecule is C[C@@]1(c2ccc3c(c2)OCCO3)NC(=O)N(CC(=O)NC2(C#N)CCCCC2)C1=O. The summed E-state index contributed by atoms with van der Waals surface area (Å²) in [5.74, 6) is 0.0321. The highest BCUT2D eigenvalue weighted by Crippen LogP contribution is 2.37. The highest BCUT2D eigenvalue weighted by molar-refractivity contribution is 6.09. The minimum absolute atomic E-state index is 0.403. The van der Waals surface area contributed by atoms with Crippen LogP contribution < -0.4 is 20.1 Å². The zero-order valence-electron chi connectivity index (χ0n) is 16.8. The molecule has 3 aliphatic rings. The van der Waals surface area contributed by atoms with Gasteiger partial charge in [0.1, 0.15) is 30.8 Å². The van der Waals surface area contributed by atoms with E-state index in [1.165, 1.54) is 0 Å². The lowest BCUT2D eigenvalue weighted by Crippen LogP contribution is -2.52. The molecule has 0 unspecified atom stereocenters. The van der Waals surface area contributed by atoms with Gasteiger partial charge in [0.25, 0.3) is 5.91 Å². The van der Waals surface area contributed by atoms with Crippen LogP contribution in [0.5, 0.6) is 11.5 Å². The highest BCUT2D eigenvalue weighted by atomic mass is 16.6. The van der Waals surface area contributed by atoms with E-state index in [-0.39, 0.29) is 0 Å². The van der Waals surface area contributed by atoms with Gasteiger partial charge in [-0.05, 0) is 37.5 Å². The Morgan fingerprint density at radius 3 is 2.60 bits per heavy atom. The van der Waals surface area contributed by atoms with Gasteiger partial charge in [0.15, 0.2) is 11.5 Å². The first-order valence-electron chi connectivity index (χ1n) is 10.1. The van der Waals surface area contributed by atoms with Crippen molar-refractivity contribution in [3.05, 3.63) is 23.8 Å². The predicted molar refractivity (Wildman–Crippen MR) is 105 cm³/mol. The van der Waals surface area contributed by atoms with Gasteiger partial charge in [-0.3, -0.25) is 14.5 Å². The molecule has 2 fully saturated rings. The number of amides is 4. The Morgan fingerprint density at radius 2 is 1.90 bits per heavy atom. The van der Waals surface area contributed by atoms with Crippen molar-refractivity contribution < 1.29 is 23.9 Å². The Labute approximate surface area is 174 Å². The summed E-state index contributed by atoms with van der Waals surface area (Å²) in [6.07, 6.45) is 3.90. The number of carbonyl (C=O) groups is 3. The number of imide groups is 1. The van der Waals surface area contributed by atoms with Crippen molar-refractivity contribution in [2.75, 3.05) is 19.8 Å². The average molecular weight is 412 g/mol. The van der Waals surface area contributed by atoms with Crippen LogP contribution >= 0.6 is 0 Å². The molecule has 30 heavy (non-hydrogen) atoms. The predicted octanol–water partition coefficient (Wildman–Crippen LogP) is 1.57. The molecule has 0 bridgehead atoms. The van der Waals surface area contributed by atoms with Crippen LogP contribution in [0.4, 0.5) is 4.79 Å². The van der Waals surface area contributed by atoms with Crippen LogP contribution in [0.2, 0.25) is 0 Å². The third kappa shape index (κ3) is 3.43.